The Bertz CT molecular complexity index is 652. The summed E-state index contributed by atoms with van der Waals surface area (Å²) in [7, 11) is 0. The molecule has 1 heterocycles. The van der Waals surface area contributed by atoms with E-state index >= 15 is 0 Å². The number of rotatable bonds is 4. The molecule has 1 aliphatic heterocycles. The predicted octanol–water partition coefficient (Wildman–Crippen LogP) is 1.89. The fraction of sp³-hybridized carbons (Fsp3) is 0.375. The van der Waals surface area contributed by atoms with Crippen LogP contribution in [-0.4, -0.2) is 41.4 Å². The highest BCUT2D eigenvalue weighted by Crippen LogP contribution is 2.14. The summed E-state index contributed by atoms with van der Waals surface area (Å²) >= 11 is 3.32. The molecule has 0 unspecified atom stereocenters. The summed E-state index contributed by atoms with van der Waals surface area (Å²) in [4.78, 5) is 36.9. The molecular formula is C16H19BrN4O3. The van der Waals surface area contributed by atoms with Gasteiger partial charge in [-0.2, -0.15) is 5.10 Å². The molecule has 2 rings (SSSR count). The highest BCUT2D eigenvalue weighted by molar-refractivity contribution is 9.10. The normalized spacial score (nSPS) is 14.4. The number of hydrogen-bond donors (Lipinski definition) is 2. The highest BCUT2D eigenvalue weighted by Gasteiger charge is 2.24. The summed E-state index contributed by atoms with van der Waals surface area (Å²) in [5.41, 5.74) is 3.29. The van der Waals surface area contributed by atoms with Gasteiger partial charge in [-0.25, -0.2) is 5.43 Å². The Labute approximate surface area is 148 Å². The molecule has 3 amide bonds. The van der Waals surface area contributed by atoms with Crippen molar-refractivity contribution in [2.45, 2.75) is 26.2 Å². The van der Waals surface area contributed by atoms with Crippen molar-refractivity contribution in [3.63, 3.8) is 0 Å². The van der Waals surface area contributed by atoms with Gasteiger partial charge in [0.2, 0.25) is 5.91 Å². The largest absolute Gasteiger partial charge is 0.334 e. The summed E-state index contributed by atoms with van der Waals surface area (Å²) in [5, 5.41) is 6.54. The summed E-state index contributed by atoms with van der Waals surface area (Å²) in [5.74, 6) is -1.60. The summed E-state index contributed by atoms with van der Waals surface area (Å²) in [6.07, 6.45) is 1.85. The molecule has 1 aromatic carbocycles. The number of nitrogens with one attached hydrogen (secondary N) is 2. The third-order valence-electron chi connectivity index (χ3n) is 3.48. The van der Waals surface area contributed by atoms with Crippen LogP contribution >= 0.6 is 15.9 Å². The first kappa shape index (κ1) is 18.1. The molecule has 2 N–H and O–H groups in total. The maximum absolute atomic E-state index is 11.9. The summed E-state index contributed by atoms with van der Waals surface area (Å²) in [6, 6.07) is 7.18. The van der Waals surface area contributed by atoms with Crippen molar-refractivity contribution in [1.82, 2.24) is 10.3 Å². The first-order valence-electron chi connectivity index (χ1n) is 7.63. The molecule has 0 radical (unpaired) electrons. The van der Waals surface area contributed by atoms with Gasteiger partial charge < -0.3 is 10.2 Å². The number of carbonyl (C=O) groups excluding carboxylic acids is 3. The second-order valence-corrected chi connectivity index (χ2v) is 6.43. The highest BCUT2D eigenvalue weighted by atomic mass is 79.9. The van der Waals surface area contributed by atoms with E-state index in [9.17, 15) is 14.4 Å². The fourth-order valence-corrected chi connectivity index (χ4v) is 2.53. The Kier molecular flexibility index (Phi) is 6.48. The van der Waals surface area contributed by atoms with Gasteiger partial charge in [0.1, 0.15) is 0 Å². The van der Waals surface area contributed by atoms with E-state index in [0.29, 0.717) is 24.5 Å². The Morgan fingerprint density at radius 2 is 1.79 bits per heavy atom. The van der Waals surface area contributed by atoms with Crippen molar-refractivity contribution in [2.75, 3.05) is 18.4 Å². The topological polar surface area (TPSA) is 90.9 Å². The van der Waals surface area contributed by atoms with Crippen molar-refractivity contribution in [1.29, 1.82) is 0 Å². The van der Waals surface area contributed by atoms with Crippen LogP contribution < -0.4 is 10.7 Å². The van der Waals surface area contributed by atoms with Gasteiger partial charge in [0, 0.05) is 29.0 Å². The number of carbonyl (C=O) groups is 3. The van der Waals surface area contributed by atoms with Crippen molar-refractivity contribution >= 4 is 45.1 Å². The van der Waals surface area contributed by atoms with E-state index in [1.54, 1.807) is 19.1 Å². The molecule has 1 aromatic rings. The maximum Gasteiger partial charge on any atom is 0.329 e. The number of hydrogen-bond acceptors (Lipinski definition) is 4. The van der Waals surface area contributed by atoms with Crippen LogP contribution in [0.1, 0.15) is 26.2 Å². The molecular weight excluding hydrogens is 376 g/mol. The molecule has 1 fully saturated rings. The number of hydrazone groups is 1. The molecule has 0 spiro atoms. The molecule has 0 aliphatic carbocycles. The minimum absolute atomic E-state index is 0.0221. The second-order valence-electron chi connectivity index (χ2n) is 5.52. The van der Waals surface area contributed by atoms with Gasteiger partial charge in [-0.05, 0) is 44.0 Å². The lowest BCUT2D eigenvalue weighted by molar-refractivity contribution is -0.145. The number of likely N-dealkylation sites (tertiary alicyclic amines) is 1. The van der Waals surface area contributed by atoms with E-state index in [-0.39, 0.29) is 12.3 Å². The first-order valence-corrected chi connectivity index (χ1v) is 8.43. The van der Waals surface area contributed by atoms with E-state index in [2.05, 4.69) is 31.8 Å². The van der Waals surface area contributed by atoms with Gasteiger partial charge in [0.05, 0.1) is 6.42 Å². The van der Waals surface area contributed by atoms with E-state index in [1.807, 2.05) is 12.1 Å². The number of benzene rings is 1. The Morgan fingerprint density at radius 1 is 1.17 bits per heavy atom. The molecule has 0 saturated carbocycles. The third kappa shape index (κ3) is 5.45. The number of halogens is 1. The summed E-state index contributed by atoms with van der Waals surface area (Å²) < 4.78 is 0.920. The molecule has 0 bridgehead atoms. The van der Waals surface area contributed by atoms with Gasteiger partial charge in [-0.3, -0.25) is 14.4 Å². The average molecular weight is 395 g/mol. The lowest BCUT2D eigenvalue weighted by Gasteiger charge is -2.13. The van der Waals surface area contributed by atoms with Gasteiger partial charge in [-0.15, -0.1) is 0 Å². The smallest absolute Gasteiger partial charge is 0.329 e. The molecule has 7 nitrogen and oxygen atoms in total. The lowest BCUT2D eigenvalue weighted by atomic mass is 10.2. The lowest BCUT2D eigenvalue weighted by Crippen LogP contribution is -2.40. The quantitative estimate of drug-likeness (QED) is 0.464. The average Bonchev–Trinajstić information content (AvgIpc) is 3.08. The van der Waals surface area contributed by atoms with Gasteiger partial charge in [0.15, 0.2) is 0 Å². The zero-order valence-electron chi connectivity index (χ0n) is 13.3. The molecule has 0 aromatic heterocycles. The van der Waals surface area contributed by atoms with Gasteiger partial charge >= 0.3 is 11.8 Å². The minimum Gasteiger partial charge on any atom is -0.334 e. The van der Waals surface area contributed by atoms with Crippen LogP contribution in [0.4, 0.5) is 5.69 Å². The van der Waals surface area contributed by atoms with E-state index in [4.69, 9.17) is 0 Å². The summed E-state index contributed by atoms with van der Waals surface area (Å²) in [6.45, 7) is 2.82. The molecule has 8 heteroatoms. The third-order valence-corrected chi connectivity index (χ3v) is 4.01. The maximum atomic E-state index is 11.9. The van der Waals surface area contributed by atoms with Crippen LogP contribution in [0.3, 0.4) is 0 Å². The SMILES string of the molecule is CC(CC(=O)Nc1ccc(Br)cc1)=NNC(=O)C(=O)N1CCCC1. The van der Waals surface area contributed by atoms with Crippen LogP contribution in [0.25, 0.3) is 0 Å². The van der Waals surface area contributed by atoms with E-state index in [1.165, 1.54) is 4.90 Å². The van der Waals surface area contributed by atoms with Crippen molar-refractivity contribution in [3.8, 4) is 0 Å². The van der Waals surface area contributed by atoms with E-state index < -0.39 is 11.8 Å². The van der Waals surface area contributed by atoms with Crippen molar-refractivity contribution in [2.24, 2.45) is 5.10 Å². The van der Waals surface area contributed by atoms with Crippen molar-refractivity contribution in [3.05, 3.63) is 28.7 Å². The number of amides is 3. The molecule has 128 valence electrons. The van der Waals surface area contributed by atoms with E-state index in [0.717, 1.165) is 17.3 Å². The molecule has 1 saturated heterocycles. The molecule has 1 aliphatic rings. The van der Waals surface area contributed by atoms with Crippen LogP contribution in [0, 0.1) is 0 Å². The van der Waals surface area contributed by atoms with Crippen LogP contribution in [0.5, 0.6) is 0 Å². The first-order chi connectivity index (χ1) is 11.5. The molecule has 24 heavy (non-hydrogen) atoms. The minimum atomic E-state index is -0.774. The zero-order valence-corrected chi connectivity index (χ0v) is 14.9. The van der Waals surface area contributed by atoms with Crippen LogP contribution in [0.15, 0.2) is 33.8 Å². The van der Waals surface area contributed by atoms with Gasteiger partial charge in [0.25, 0.3) is 0 Å². The fourth-order valence-electron chi connectivity index (χ4n) is 2.27. The van der Waals surface area contributed by atoms with Crippen LogP contribution in [-0.2, 0) is 14.4 Å². The Balaban J connectivity index is 1.80. The predicted molar refractivity (Wildman–Crippen MR) is 94.5 cm³/mol. The molecule has 0 atom stereocenters. The zero-order chi connectivity index (χ0) is 17.5. The van der Waals surface area contributed by atoms with Gasteiger partial charge in [-0.1, -0.05) is 15.9 Å². The monoisotopic (exact) mass is 394 g/mol. The standard InChI is InChI=1S/C16H19BrN4O3/c1-11(10-14(22)18-13-6-4-12(17)5-7-13)19-20-15(23)16(24)21-8-2-3-9-21/h4-7H,2-3,8-10H2,1H3,(H,18,22)(H,20,23). The van der Waals surface area contributed by atoms with Crippen molar-refractivity contribution < 1.29 is 14.4 Å². The number of nitrogens with zero attached hydrogens (tertiary/aromatic N) is 2. The second kappa shape index (κ2) is 8.58. The Morgan fingerprint density at radius 3 is 2.42 bits per heavy atom. The number of anilines is 1. The van der Waals surface area contributed by atoms with Crippen LogP contribution in [0.2, 0.25) is 0 Å². The Hall–Kier alpha value is -2.22.